The van der Waals surface area contributed by atoms with E-state index < -0.39 is 0 Å². The third-order valence-electron chi connectivity index (χ3n) is 3.07. The molecular formula is C17H20O5. The molecule has 118 valence electrons. The normalized spacial score (nSPS) is 10.4. The van der Waals surface area contributed by atoms with Crippen LogP contribution in [0.3, 0.4) is 0 Å². The highest BCUT2D eigenvalue weighted by atomic mass is 16.5. The van der Waals surface area contributed by atoms with Crippen LogP contribution in [0.5, 0.6) is 11.5 Å². The van der Waals surface area contributed by atoms with Gasteiger partial charge in [0.2, 0.25) is 11.2 Å². The van der Waals surface area contributed by atoms with Gasteiger partial charge in [0.1, 0.15) is 24.4 Å². The van der Waals surface area contributed by atoms with Gasteiger partial charge in [0, 0.05) is 6.07 Å². The van der Waals surface area contributed by atoms with Crippen molar-refractivity contribution in [3.63, 3.8) is 0 Å². The quantitative estimate of drug-likeness (QED) is 0.721. The van der Waals surface area contributed by atoms with Gasteiger partial charge in [0.15, 0.2) is 0 Å². The zero-order valence-electron chi connectivity index (χ0n) is 12.4. The van der Waals surface area contributed by atoms with E-state index in [1.54, 1.807) is 0 Å². The highest BCUT2D eigenvalue weighted by molar-refractivity contribution is 5.20. The molecule has 1 aromatic carbocycles. The van der Waals surface area contributed by atoms with Crippen molar-refractivity contribution < 1.29 is 19.0 Å². The first-order valence-electron chi connectivity index (χ1n) is 7.33. The maximum absolute atomic E-state index is 11.6. The molecule has 0 amide bonds. The number of aliphatic hydroxyl groups excluding tert-OH is 1. The number of benzene rings is 1. The van der Waals surface area contributed by atoms with Crippen LogP contribution in [0.2, 0.25) is 0 Å². The number of rotatable bonds is 9. The predicted molar refractivity (Wildman–Crippen MR) is 82.2 cm³/mol. The Morgan fingerprint density at radius 2 is 1.73 bits per heavy atom. The lowest BCUT2D eigenvalue weighted by atomic mass is 10.2. The first-order chi connectivity index (χ1) is 10.8. The van der Waals surface area contributed by atoms with E-state index in [4.69, 9.17) is 19.0 Å². The van der Waals surface area contributed by atoms with Crippen molar-refractivity contribution in [2.24, 2.45) is 0 Å². The molecule has 1 aromatic heterocycles. The molecule has 0 aliphatic heterocycles. The monoisotopic (exact) mass is 304 g/mol. The Kier molecular flexibility index (Phi) is 6.51. The van der Waals surface area contributed by atoms with Crippen LogP contribution in [-0.2, 0) is 6.61 Å². The molecule has 0 fully saturated rings. The van der Waals surface area contributed by atoms with E-state index in [2.05, 4.69) is 0 Å². The zero-order valence-corrected chi connectivity index (χ0v) is 12.4. The lowest BCUT2D eigenvalue weighted by Gasteiger charge is -2.07. The number of aliphatic hydroxyl groups is 1. The van der Waals surface area contributed by atoms with Crippen LogP contribution in [0.25, 0.3) is 0 Å². The first-order valence-corrected chi connectivity index (χ1v) is 7.33. The standard InChI is InChI=1S/C17H20O5/c18-12-15-11-16(19)17(13-22-15)21-10-6-2-5-9-20-14-7-3-1-4-8-14/h1,3-4,7-8,11,13,18H,2,5-6,9-10,12H2. The molecular weight excluding hydrogens is 284 g/mol. The van der Waals surface area contributed by atoms with Crippen molar-refractivity contribution in [2.45, 2.75) is 25.9 Å². The summed E-state index contributed by atoms with van der Waals surface area (Å²) in [5.74, 6) is 1.29. The van der Waals surface area contributed by atoms with Crippen molar-refractivity contribution in [1.29, 1.82) is 0 Å². The van der Waals surface area contributed by atoms with Crippen LogP contribution in [0, 0.1) is 0 Å². The Morgan fingerprint density at radius 1 is 1.00 bits per heavy atom. The van der Waals surface area contributed by atoms with E-state index in [9.17, 15) is 4.79 Å². The summed E-state index contributed by atoms with van der Waals surface area (Å²) in [6, 6.07) is 10.9. The van der Waals surface area contributed by atoms with Gasteiger partial charge in [-0.15, -0.1) is 0 Å². The molecule has 5 nitrogen and oxygen atoms in total. The second kappa shape index (κ2) is 8.89. The Balaban J connectivity index is 1.59. The number of ether oxygens (including phenoxy) is 2. The number of unbranched alkanes of at least 4 members (excludes halogenated alkanes) is 2. The second-order valence-corrected chi connectivity index (χ2v) is 4.80. The molecule has 0 saturated carbocycles. The summed E-state index contributed by atoms with van der Waals surface area (Å²) < 4.78 is 16.0. The van der Waals surface area contributed by atoms with E-state index >= 15 is 0 Å². The minimum atomic E-state index is -0.295. The molecule has 0 unspecified atom stereocenters. The molecule has 0 bridgehead atoms. The average Bonchev–Trinajstić information content (AvgIpc) is 2.56. The molecule has 0 saturated heterocycles. The summed E-state index contributed by atoms with van der Waals surface area (Å²) in [5.41, 5.74) is -0.275. The smallest absolute Gasteiger partial charge is 0.227 e. The number of para-hydroxylation sites is 1. The zero-order chi connectivity index (χ0) is 15.6. The highest BCUT2D eigenvalue weighted by Crippen LogP contribution is 2.10. The molecule has 1 heterocycles. The third kappa shape index (κ3) is 5.26. The molecule has 22 heavy (non-hydrogen) atoms. The third-order valence-corrected chi connectivity index (χ3v) is 3.07. The van der Waals surface area contributed by atoms with Crippen LogP contribution in [0.15, 0.2) is 51.9 Å². The molecule has 0 atom stereocenters. The van der Waals surface area contributed by atoms with Gasteiger partial charge >= 0.3 is 0 Å². The fourth-order valence-electron chi connectivity index (χ4n) is 1.90. The lowest BCUT2D eigenvalue weighted by Crippen LogP contribution is -2.09. The van der Waals surface area contributed by atoms with Crippen LogP contribution in [-0.4, -0.2) is 18.3 Å². The average molecular weight is 304 g/mol. The van der Waals surface area contributed by atoms with Gasteiger partial charge < -0.3 is 19.0 Å². The summed E-state index contributed by atoms with van der Waals surface area (Å²) in [7, 11) is 0. The van der Waals surface area contributed by atoms with Crippen molar-refractivity contribution in [2.75, 3.05) is 13.2 Å². The summed E-state index contributed by atoms with van der Waals surface area (Å²) in [5, 5.41) is 8.85. The van der Waals surface area contributed by atoms with Crippen molar-refractivity contribution in [3.05, 3.63) is 58.6 Å². The first kappa shape index (κ1) is 16.1. The highest BCUT2D eigenvalue weighted by Gasteiger charge is 2.03. The van der Waals surface area contributed by atoms with Crippen LogP contribution in [0.1, 0.15) is 25.0 Å². The van der Waals surface area contributed by atoms with Crippen molar-refractivity contribution >= 4 is 0 Å². The minimum absolute atomic E-state index is 0.178. The summed E-state index contributed by atoms with van der Waals surface area (Å²) in [6.45, 7) is 0.822. The molecule has 0 aliphatic rings. The molecule has 5 heteroatoms. The Bertz CT molecular complexity index is 606. The van der Waals surface area contributed by atoms with Gasteiger partial charge in [0.05, 0.1) is 13.2 Å². The molecule has 2 rings (SSSR count). The minimum Gasteiger partial charge on any atom is -0.494 e. The van der Waals surface area contributed by atoms with E-state index in [0.717, 1.165) is 25.0 Å². The molecule has 0 spiro atoms. The van der Waals surface area contributed by atoms with Gasteiger partial charge in [-0.1, -0.05) is 18.2 Å². The van der Waals surface area contributed by atoms with Gasteiger partial charge in [-0.2, -0.15) is 0 Å². The van der Waals surface area contributed by atoms with E-state index in [1.165, 1.54) is 12.3 Å². The molecule has 2 aromatic rings. The van der Waals surface area contributed by atoms with Crippen LogP contribution < -0.4 is 14.9 Å². The van der Waals surface area contributed by atoms with Crippen molar-refractivity contribution in [1.82, 2.24) is 0 Å². The molecule has 1 N–H and O–H groups in total. The van der Waals surface area contributed by atoms with Crippen molar-refractivity contribution in [3.8, 4) is 11.5 Å². The molecule has 0 radical (unpaired) electrons. The fourth-order valence-corrected chi connectivity index (χ4v) is 1.90. The van der Waals surface area contributed by atoms with Gasteiger partial charge in [-0.25, -0.2) is 0 Å². The number of hydrogen-bond acceptors (Lipinski definition) is 5. The Hall–Kier alpha value is -2.27. The topological polar surface area (TPSA) is 68.9 Å². The largest absolute Gasteiger partial charge is 0.494 e. The number of hydrogen-bond donors (Lipinski definition) is 1. The summed E-state index contributed by atoms with van der Waals surface area (Å²) in [4.78, 5) is 11.6. The molecule has 0 aliphatic carbocycles. The van der Waals surface area contributed by atoms with E-state index in [0.29, 0.717) is 13.2 Å². The van der Waals surface area contributed by atoms with Crippen LogP contribution in [0.4, 0.5) is 0 Å². The maximum atomic E-state index is 11.6. The Morgan fingerprint density at radius 3 is 2.41 bits per heavy atom. The van der Waals surface area contributed by atoms with E-state index in [1.807, 2.05) is 30.3 Å². The van der Waals surface area contributed by atoms with Crippen LogP contribution >= 0.6 is 0 Å². The van der Waals surface area contributed by atoms with Gasteiger partial charge in [-0.3, -0.25) is 4.79 Å². The summed E-state index contributed by atoms with van der Waals surface area (Å²) >= 11 is 0. The fraction of sp³-hybridized carbons (Fsp3) is 0.353. The lowest BCUT2D eigenvalue weighted by molar-refractivity contribution is 0.235. The predicted octanol–water partition coefficient (Wildman–Crippen LogP) is 2.76. The van der Waals surface area contributed by atoms with E-state index in [-0.39, 0.29) is 23.5 Å². The maximum Gasteiger partial charge on any atom is 0.227 e. The van der Waals surface area contributed by atoms with Gasteiger partial charge in [0.25, 0.3) is 0 Å². The summed E-state index contributed by atoms with van der Waals surface area (Å²) in [6.07, 6.45) is 3.95. The Labute approximate surface area is 129 Å². The SMILES string of the molecule is O=c1cc(CO)occ1OCCCCCOc1ccccc1. The van der Waals surface area contributed by atoms with Gasteiger partial charge in [-0.05, 0) is 31.4 Å². The second-order valence-electron chi connectivity index (χ2n) is 4.80.